The molecule has 1 N–H and O–H groups in total. The molecule has 0 saturated carbocycles. The summed E-state index contributed by atoms with van der Waals surface area (Å²) in [5, 5.41) is 3.05. The van der Waals surface area contributed by atoms with Gasteiger partial charge in [-0.05, 0) is 62.4 Å². The molecule has 0 radical (unpaired) electrons. The number of hydrogen-bond acceptors (Lipinski definition) is 2. The van der Waals surface area contributed by atoms with Crippen molar-refractivity contribution in [2.45, 2.75) is 66.1 Å². The fraction of sp³-hybridized carbons (Fsp3) is 0.333. The summed E-state index contributed by atoms with van der Waals surface area (Å²) in [5.41, 5.74) is 6.39. The molecule has 0 fully saturated rings. The topological polar surface area (TPSA) is 49.4 Å². The van der Waals surface area contributed by atoms with Crippen molar-refractivity contribution in [3.8, 4) is 0 Å². The van der Waals surface area contributed by atoms with Crippen molar-refractivity contribution in [2.75, 3.05) is 0 Å². The second-order valence-corrected chi connectivity index (χ2v) is 9.42. The van der Waals surface area contributed by atoms with E-state index in [1.54, 1.807) is 4.90 Å². The molecule has 0 saturated heterocycles. The third-order valence-corrected chi connectivity index (χ3v) is 6.15. The van der Waals surface area contributed by atoms with Crippen molar-refractivity contribution in [3.05, 3.63) is 106 Å². The molecule has 0 aliphatic heterocycles. The van der Waals surface area contributed by atoms with Gasteiger partial charge in [0.05, 0.1) is 6.42 Å². The number of carbonyl (C=O) groups is 2. The summed E-state index contributed by atoms with van der Waals surface area (Å²) in [5.74, 6) is -0.168. The van der Waals surface area contributed by atoms with Crippen LogP contribution in [0.5, 0.6) is 0 Å². The van der Waals surface area contributed by atoms with Gasteiger partial charge in [-0.2, -0.15) is 0 Å². The SMILES string of the molecule is Cc1ccc(C)c(CC(=O)N(Cc2ccccc2C)C(Cc2ccccc2)C(=O)NC(C)C)c1. The van der Waals surface area contributed by atoms with Crippen molar-refractivity contribution < 1.29 is 9.59 Å². The largest absolute Gasteiger partial charge is 0.352 e. The number of nitrogens with one attached hydrogen (secondary N) is 1. The first-order valence-electron chi connectivity index (χ1n) is 12.0. The maximum Gasteiger partial charge on any atom is 0.243 e. The molecule has 3 aromatic carbocycles. The first-order valence-corrected chi connectivity index (χ1v) is 12.0. The molecule has 0 aromatic heterocycles. The van der Waals surface area contributed by atoms with Crippen molar-refractivity contribution in [1.82, 2.24) is 10.2 Å². The first-order chi connectivity index (χ1) is 16.2. The smallest absolute Gasteiger partial charge is 0.243 e. The predicted octanol–water partition coefficient (Wildman–Crippen LogP) is 5.32. The molecule has 0 bridgehead atoms. The Hall–Kier alpha value is -3.40. The second kappa shape index (κ2) is 11.6. The van der Waals surface area contributed by atoms with Crippen LogP contribution in [0.25, 0.3) is 0 Å². The molecule has 1 atom stereocenters. The molecule has 0 aliphatic rings. The number of amides is 2. The van der Waals surface area contributed by atoms with Crippen LogP contribution in [0.3, 0.4) is 0 Å². The first kappa shape index (κ1) is 25.2. The van der Waals surface area contributed by atoms with Crippen molar-refractivity contribution in [3.63, 3.8) is 0 Å². The zero-order chi connectivity index (χ0) is 24.7. The zero-order valence-corrected chi connectivity index (χ0v) is 21.0. The molecule has 4 heteroatoms. The lowest BCUT2D eigenvalue weighted by molar-refractivity contribution is -0.141. The quantitative estimate of drug-likeness (QED) is 0.474. The molecule has 4 nitrogen and oxygen atoms in total. The fourth-order valence-electron chi connectivity index (χ4n) is 4.16. The molecule has 178 valence electrons. The average molecular weight is 457 g/mol. The minimum Gasteiger partial charge on any atom is -0.352 e. The number of nitrogens with zero attached hydrogens (tertiary/aromatic N) is 1. The third kappa shape index (κ3) is 6.80. The number of hydrogen-bond donors (Lipinski definition) is 1. The molecular formula is C30H36N2O2. The maximum atomic E-state index is 13.9. The number of benzene rings is 3. The van der Waals surface area contributed by atoms with Crippen LogP contribution in [-0.2, 0) is 29.0 Å². The number of rotatable bonds is 9. The van der Waals surface area contributed by atoms with Crippen LogP contribution in [0.4, 0.5) is 0 Å². The van der Waals surface area contributed by atoms with Gasteiger partial charge >= 0.3 is 0 Å². The molecule has 0 heterocycles. The van der Waals surface area contributed by atoms with Crippen LogP contribution in [0.2, 0.25) is 0 Å². The normalized spacial score (nSPS) is 11.8. The van der Waals surface area contributed by atoms with Crippen LogP contribution in [-0.4, -0.2) is 28.8 Å². The second-order valence-electron chi connectivity index (χ2n) is 9.42. The Morgan fingerprint density at radius 1 is 0.824 bits per heavy atom. The summed E-state index contributed by atoms with van der Waals surface area (Å²) in [6.45, 7) is 10.4. The van der Waals surface area contributed by atoms with Crippen molar-refractivity contribution in [1.29, 1.82) is 0 Å². The highest BCUT2D eigenvalue weighted by atomic mass is 16.2. The number of aryl methyl sites for hydroxylation is 3. The van der Waals surface area contributed by atoms with Gasteiger partial charge in [0.2, 0.25) is 11.8 Å². The summed E-state index contributed by atoms with van der Waals surface area (Å²) >= 11 is 0. The Bertz CT molecular complexity index is 1120. The highest BCUT2D eigenvalue weighted by Gasteiger charge is 2.31. The monoisotopic (exact) mass is 456 g/mol. The highest BCUT2D eigenvalue weighted by molar-refractivity contribution is 5.89. The third-order valence-electron chi connectivity index (χ3n) is 6.15. The van der Waals surface area contributed by atoms with E-state index in [1.807, 2.05) is 89.2 Å². The zero-order valence-electron chi connectivity index (χ0n) is 21.0. The van der Waals surface area contributed by atoms with E-state index in [4.69, 9.17) is 0 Å². The lowest BCUT2D eigenvalue weighted by Gasteiger charge is -2.32. The summed E-state index contributed by atoms with van der Waals surface area (Å²) in [4.78, 5) is 29.1. The van der Waals surface area contributed by atoms with Crippen molar-refractivity contribution >= 4 is 11.8 Å². The summed E-state index contributed by atoms with van der Waals surface area (Å²) < 4.78 is 0. The molecule has 34 heavy (non-hydrogen) atoms. The van der Waals surface area contributed by atoms with Crippen molar-refractivity contribution in [2.24, 2.45) is 0 Å². The molecule has 2 amide bonds. The predicted molar refractivity (Wildman–Crippen MR) is 139 cm³/mol. The molecule has 0 spiro atoms. The van der Waals surface area contributed by atoms with Gasteiger partial charge in [0.25, 0.3) is 0 Å². The molecule has 3 aromatic rings. The minimum absolute atomic E-state index is 0.0137. The van der Waals surface area contributed by atoms with Gasteiger partial charge < -0.3 is 10.2 Å². The van der Waals surface area contributed by atoms with Gasteiger partial charge in [0.1, 0.15) is 6.04 Å². The van der Waals surface area contributed by atoms with E-state index in [2.05, 4.69) is 23.5 Å². The van der Waals surface area contributed by atoms with E-state index in [9.17, 15) is 9.59 Å². The maximum absolute atomic E-state index is 13.9. The minimum atomic E-state index is -0.609. The van der Waals surface area contributed by atoms with Crippen LogP contribution in [0.1, 0.15) is 47.2 Å². The molecular weight excluding hydrogens is 420 g/mol. The standard InChI is InChI=1S/C30H36N2O2/c1-21(2)31-30(34)28(18-25-12-7-6-8-13-25)32(20-26-14-10-9-11-23(26)4)29(33)19-27-17-22(3)15-16-24(27)5/h6-17,21,28H,18-20H2,1-5H3,(H,31,34). The summed E-state index contributed by atoms with van der Waals surface area (Å²) in [6, 6.07) is 23.5. The van der Waals surface area contributed by atoms with E-state index in [0.717, 1.165) is 33.4 Å². The Balaban J connectivity index is 2.01. The average Bonchev–Trinajstić information content (AvgIpc) is 2.80. The van der Waals surface area contributed by atoms with E-state index in [1.165, 1.54) is 0 Å². The van der Waals surface area contributed by atoms with Gasteiger partial charge in [-0.1, -0.05) is 78.4 Å². The Morgan fingerprint density at radius 3 is 2.15 bits per heavy atom. The number of carbonyl (C=O) groups excluding carboxylic acids is 2. The van der Waals surface area contributed by atoms with E-state index in [0.29, 0.717) is 13.0 Å². The molecule has 3 rings (SSSR count). The summed E-state index contributed by atoms with van der Waals surface area (Å²) in [6.07, 6.45) is 0.726. The van der Waals surface area contributed by atoms with Gasteiger partial charge in [-0.25, -0.2) is 0 Å². The summed E-state index contributed by atoms with van der Waals surface area (Å²) in [7, 11) is 0. The molecule has 0 aliphatic carbocycles. The lowest BCUT2D eigenvalue weighted by atomic mass is 9.98. The van der Waals surface area contributed by atoms with Crippen LogP contribution in [0, 0.1) is 20.8 Å². The van der Waals surface area contributed by atoms with Gasteiger partial charge in [-0.3, -0.25) is 9.59 Å². The van der Waals surface area contributed by atoms with Gasteiger partial charge in [0.15, 0.2) is 0 Å². The van der Waals surface area contributed by atoms with Crippen LogP contribution < -0.4 is 5.32 Å². The van der Waals surface area contributed by atoms with Gasteiger partial charge in [0, 0.05) is 19.0 Å². The van der Waals surface area contributed by atoms with E-state index >= 15 is 0 Å². The highest BCUT2D eigenvalue weighted by Crippen LogP contribution is 2.20. The van der Waals surface area contributed by atoms with E-state index < -0.39 is 6.04 Å². The van der Waals surface area contributed by atoms with Crippen LogP contribution in [0.15, 0.2) is 72.8 Å². The lowest BCUT2D eigenvalue weighted by Crippen LogP contribution is -2.52. The van der Waals surface area contributed by atoms with Gasteiger partial charge in [-0.15, -0.1) is 0 Å². The Labute approximate surface area is 204 Å². The fourth-order valence-corrected chi connectivity index (χ4v) is 4.16. The Morgan fingerprint density at radius 2 is 1.47 bits per heavy atom. The Kier molecular flexibility index (Phi) is 8.64. The molecule has 1 unspecified atom stereocenters. The van der Waals surface area contributed by atoms with Crippen LogP contribution >= 0.6 is 0 Å². The van der Waals surface area contributed by atoms with E-state index in [-0.39, 0.29) is 24.3 Å².